The predicted octanol–water partition coefficient (Wildman–Crippen LogP) is 1.79. The van der Waals surface area contributed by atoms with Crippen molar-refractivity contribution in [2.75, 3.05) is 6.54 Å². The SMILES string of the molecule is CC(C)Oc1cncc(C(=O)CCCN)c1. The number of Topliss-reactive ketones (excluding diaryl/α,β-unsaturated/α-hetero) is 1. The van der Waals surface area contributed by atoms with E-state index in [9.17, 15) is 4.79 Å². The molecule has 0 bridgehead atoms. The Morgan fingerprint density at radius 3 is 2.88 bits per heavy atom. The van der Waals surface area contributed by atoms with Gasteiger partial charge in [0.1, 0.15) is 5.75 Å². The van der Waals surface area contributed by atoms with E-state index in [0.29, 0.717) is 30.7 Å². The third kappa shape index (κ3) is 3.98. The Labute approximate surface area is 95.8 Å². The molecule has 0 amide bonds. The molecule has 0 aliphatic heterocycles. The van der Waals surface area contributed by atoms with Gasteiger partial charge in [-0.05, 0) is 32.9 Å². The van der Waals surface area contributed by atoms with Crippen LogP contribution in [-0.4, -0.2) is 23.4 Å². The Balaban J connectivity index is 2.69. The molecule has 0 aromatic carbocycles. The van der Waals surface area contributed by atoms with Crippen LogP contribution in [0.1, 0.15) is 37.0 Å². The fourth-order valence-corrected chi connectivity index (χ4v) is 1.31. The van der Waals surface area contributed by atoms with Crippen LogP contribution in [0.15, 0.2) is 18.5 Å². The zero-order valence-electron chi connectivity index (χ0n) is 9.77. The number of ether oxygens (including phenoxy) is 1. The molecule has 1 heterocycles. The Bertz CT molecular complexity index is 351. The van der Waals surface area contributed by atoms with E-state index in [0.717, 1.165) is 0 Å². The molecular formula is C12H18N2O2. The number of ketones is 1. The summed E-state index contributed by atoms with van der Waals surface area (Å²) in [6, 6.07) is 1.73. The molecule has 0 atom stereocenters. The molecule has 0 spiro atoms. The van der Waals surface area contributed by atoms with Crippen LogP contribution in [0.2, 0.25) is 0 Å². The predicted molar refractivity (Wildman–Crippen MR) is 62.6 cm³/mol. The standard InChI is InChI=1S/C12H18N2O2/c1-9(2)16-11-6-10(7-14-8-11)12(15)4-3-5-13/h6-9H,3-5,13H2,1-2H3. The van der Waals surface area contributed by atoms with Gasteiger partial charge in [-0.15, -0.1) is 0 Å². The maximum absolute atomic E-state index is 11.7. The molecule has 88 valence electrons. The van der Waals surface area contributed by atoms with Crippen LogP contribution in [-0.2, 0) is 0 Å². The van der Waals surface area contributed by atoms with Gasteiger partial charge in [0.05, 0.1) is 12.3 Å². The lowest BCUT2D eigenvalue weighted by Crippen LogP contribution is -2.08. The van der Waals surface area contributed by atoms with Crippen LogP contribution >= 0.6 is 0 Å². The van der Waals surface area contributed by atoms with Crippen molar-refractivity contribution >= 4 is 5.78 Å². The summed E-state index contributed by atoms with van der Waals surface area (Å²) in [4.78, 5) is 15.7. The summed E-state index contributed by atoms with van der Waals surface area (Å²) in [5, 5.41) is 0. The number of carbonyl (C=O) groups is 1. The van der Waals surface area contributed by atoms with E-state index in [4.69, 9.17) is 10.5 Å². The highest BCUT2D eigenvalue weighted by molar-refractivity contribution is 5.96. The highest BCUT2D eigenvalue weighted by Crippen LogP contribution is 2.14. The maximum Gasteiger partial charge on any atom is 0.164 e. The lowest BCUT2D eigenvalue weighted by molar-refractivity contribution is 0.0979. The number of carbonyl (C=O) groups excluding carboxylic acids is 1. The molecule has 1 rings (SSSR count). The second kappa shape index (κ2) is 6.23. The third-order valence-corrected chi connectivity index (χ3v) is 2.01. The van der Waals surface area contributed by atoms with Gasteiger partial charge in [-0.25, -0.2) is 0 Å². The van der Waals surface area contributed by atoms with E-state index in [1.54, 1.807) is 18.5 Å². The zero-order chi connectivity index (χ0) is 12.0. The minimum atomic E-state index is 0.0622. The van der Waals surface area contributed by atoms with Crippen LogP contribution in [0.25, 0.3) is 0 Å². The number of pyridine rings is 1. The molecule has 0 saturated carbocycles. The highest BCUT2D eigenvalue weighted by atomic mass is 16.5. The van der Waals surface area contributed by atoms with E-state index >= 15 is 0 Å². The first-order chi connectivity index (χ1) is 7.63. The Morgan fingerprint density at radius 1 is 1.50 bits per heavy atom. The first-order valence-electron chi connectivity index (χ1n) is 5.48. The Hall–Kier alpha value is -1.42. The highest BCUT2D eigenvalue weighted by Gasteiger charge is 2.07. The number of aromatic nitrogens is 1. The molecule has 0 saturated heterocycles. The van der Waals surface area contributed by atoms with E-state index in [1.807, 2.05) is 13.8 Å². The summed E-state index contributed by atoms with van der Waals surface area (Å²) >= 11 is 0. The molecule has 1 aromatic rings. The van der Waals surface area contributed by atoms with Crippen molar-refractivity contribution in [3.63, 3.8) is 0 Å². The second-order valence-corrected chi connectivity index (χ2v) is 3.89. The van der Waals surface area contributed by atoms with Crippen molar-refractivity contribution in [1.29, 1.82) is 0 Å². The smallest absolute Gasteiger partial charge is 0.164 e. The molecule has 1 aromatic heterocycles. The fourth-order valence-electron chi connectivity index (χ4n) is 1.31. The first kappa shape index (κ1) is 12.6. The molecule has 0 fully saturated rings. The third-order valence-electron chi connectivity index (χ3n) is 2.01. The molecule has 0 aliphatic rings. The van der Waals surface area contributed by atoms with Gasteiger partial charge < -0.3 is 10.5 Å². The average molecular weight is 222 g/mol. The topological polar surface area (TPSA) is 65.2 Å². The molecule has 2 N–H and O–H groups in total. The summed E-state index contributed by atoms with van der Waals surface area (Å²) in [6.45, 7) is 4.40. The molecule has 0 unspecified atom stereocenters. The monoisotopic (exact) mass is 222 g/mol. The number of nitrogens with two attached hydrogens (primary N) is 1. The van der Waals surface area contributed by atoms with E-state index in [2.05, 4.69) is 4.98 Å². The largest absolute Gasteiger partial charge is 0.489 e. The molecular weight excluding hydrogens is 204 g/mol. The number of hydrogen-bond acceptors (Lipinski definition) is 4. The number of hydrogen-bond donors (Lipinski definition) is 1. The van der Waals surface area contributed by atoms with Gasteiger partial charge in [-0.3, -0.25) is 9.78 Å². The van der Waals surface area contributed by atoms with Gasteiger partial charge in [0.25, 0.3) is 0 Å². The molecule has 4 heteroatoms. The second-order valence-electron chi connectivity index (χ2n) is 3.89. The van der Waals surface area contributed by atoms with Crippen molar-refractivity contribution in [2.45, 2.75) is 32.8 Å². The van der Waals surface area contributed by atoms with E-state index < -0.39 is 0 Å². The van der Waals surface area contributed by atoms with Crippen molar-refractivity contribution < 1.29 is 9.53 Å². The quantitative estimate of drug-likeness (QED) is 0.745. The normalized spacial score (nSPS) is 10.5. The van der Waals surface area contributed by atoms with Gasteiger partial charge in [0, 0.05) is 18.2 Å². The van der Waals surface area contributed by atoms with Gasteiger partial charge in [-0.2, -0.15) is 0 Å². The minimum absolute atomic E-state index is 0.0622. The maximum atomic E-state index is 11.7. The summed E-state index contributed by atoms with van der Waals surface area (Å²) in [5.41, 5.74) is 5.95. The number of nitrogens with zero attached hydrogens (tertiary/aromatic N) is 1. The lowest BCUT2D eigenvalue weighted by atomic mass is 10.1. The molecule has 16 heavy (non-hydrogen) atoms. The van der Waals surface area contributed by atoms with Crippen LogP contribution in [0.5, 0.6) is 5.75 Å². The average Bonchev–Trinajstić information content (AvgIpc) is 2.25. The van der Waals surface area contributed by atoms with Gasteiger partial charge in [0.2, 0.25) is 0 Å². The van der Waals surface area contributed by atoms with E-state index in [1.165, 1.54) is 0 Å². The van der Waals surface area contributed by atoms with Crippen LogP contribution in [0, 0.1) is 0 Å². The van der Waals surface area contributed by atoms with Gasteiger partial charge in [-0.1, -0.05) is 0 Å². The van der Waals surface area contributed by atoms with Crippen LogP contribution < -0.4 is 10.5 Å². The van der Waals surface area contributed by atoms with E-state index in [-0.39, 0.29) is 11.9 Å². The number of rotatable bonds is 6. The zero-order valence-corrected chi connectivity index (χ0v) is 9.77. The van der Waals surface area contributed by atoms with Crippen molar-refractivity contribution in [1.82, 2.24) is 4.98 Å². The molecule has 4 nitrogen and oxygen atoms in total. The van der Waals surface area contributed by atoms with Gasteiger partial charge in [0.15, 0.2) is 5.78 Å². The molecule has 0 radical (unpaired) electrons. The van der Waals surface area contributed by atoms with Crippen molar-refractivity contribution in [3.8, 4) is 5.75 Å². The van der Waals surface area contributed by atoms with Crippen LogP contribution in [0.4, 0.5) is 0 Å². The summed E-state index contributed by atoms with van der Waals surface area (Å²) in [6.07, 6.45) is 4.42. The summed E-state index contributed by atoms with van der Waals surface area (Å²) in [5.74, 6) is 0.695. The minimum Gasteiger partial charge on any atom is -0.489 e. The Kier molecular flexibility index (Phi) is 4.92. The Morgan fingerprint density at radius 2 is 2.25 bits per heavy atom. The fraction of sp³-hybridized carbons (Fsp3) is 0.500. The van der Waals surface area contributed by atoms with Crippen molar-refractivity contribution in [3.05, 3.63) is 24.0 Å². The lowest BCUT2D eigenvalue weighted by Gasteiger charge is -2.09. The van der Waals surface area contributed by atoms with Crippen LogP contribution in [0.3, 0.4) is 0 Å². The van der Waals surface area contributed by atoms with Gasteiger partial charge >= 0.3 is 0 Å². The summed E-state index contributed by atoms with van der Waals surface area (Å²) in [7, 11) is 0. The summed E-state index contributed by atoms with van der Waals surface area (Å²) < 4.78 is 5.47. The molecule has 0 aliphatic carbocycles. The van der Waals surface area contributed by atoms with Crippen molar-refractivity contribution in [2.24, 2.45) is 5.73 Å². The first-order valence-corrected chi connectivity index (χ1v) is 5.48.